The molecule has 6 rings (SSSR count). The van der Waals surface area contributed by atoms with E-state index >= 15 is 0 Å². The first-order valence-corrected chi connectivity index (χ1v) is 12.9. The lowest BCUT2D eigenvalue weighted by Crippen LogP contribution is -2.63. The molecule has 10 nitrogen and oxygen atoms in total. The number of nitrogens with two attached hydrogens (primary N) is 1. The molecular weight excluding hydrogens is 448 g/mol. The summed E-state index contributed by atoms with van der Waals surface area (Å²) in [4.78, 5) is 57.3. The molecular formula is C25H33N6O4+. The van der Waals surface area contributed by atoms with Crippen LogP contribution in [0.2, 0.25) is 0 Å². The third kappa shape index (κ3) is 4.22. The number of likely N-dealkylation sites (tertiary alicyclic amines) is 2. The maximum atomic E-state index is 14.2. The van der Waals surface area contributed by atoms with E-state index in [-0.39, 0.29) is 59.9 Å². The minimum Gasteiger partial charge on any atom is -0.382 e. The molecule has 3 aliphatic heterocycles. The molecule has 4 heterocycles. The normalized spacial score (nSPS) is 30.6. The second-order valence-electron chi connectivity index (χ2n) is 11.3. The van der Waals surface area contributed by atoms with E-state index in [1.165, 1.54) is 0 Å². The van der Waals surface area contributed by atoms with Crippen LogP contribution in [0.5, 0.6) is 0 Å². The minimum absolute atomic E-state index is 0.0000207. The van der Waals surface area contributed by atoms with Gasteiger partial charge in [-0.05, 0) is 43.6 Å². The van der Waals surface area contributed by atoms with Crippen LogP contribution in [-0.2, 0) is 32.1 Å². The highest BCUT2D eigenvalue weighted by molar-refractivity contribution is 5.94. The van der Waals surface area contributed by atoms with Crippen molar-refractivity contribution in [1.82, 2.24) is 20.0 Å². The molecule has 0 radical (unpaired) electrons. The molecule has 0 spiro atoms. The van der Waals surface area contributed by atoms with Gasteiger partial charge in [0.1, 0.15) is 24.2 Å². The fraction of sp³-hybridized carbons (Fsp3) is 0.680. The lowest BCUT2D eigenvalue weighted by molar-refractivity contribution is -0.799. The predicted octanol–water partition coefficient (Wildman–Crippen LogP) is 0.502. The molecule has 2 unspecified atom stereocenters. The Morgan fingerprint density at radius 3 is 1.97 bits per heavy atom. The molecule has 2 N–H and O–H groups in total. The Kier molecular flexibility index (Phi) is 5.39. The van der Waals surface area contributed by atoms with Crippen molar-refractivity contribution in [2.75, 3.05) is 38.5 Å². The molecule has 2 aliphatic carbocycles. The van der Waals surface area contributed by atoms with Crippen molar-refractivity contribution in [2.45, 2.75) is 51.5 Å². The maximum Gasteiger partial charge on any atom is 0.326 e. The number of fused-ring (bicyclic) bond motifs is 1. The van der Waals surface area contributed by atoms with Gasteiger partial charge in [-0.2, -0.15) is 9.58 Å². The monoisotopic (exact) mass is 481 g/mol. The average molecular weight is 482 g/mol. The zero-order chi connectivity index (χ0) is 24.3. The zero-order valence-corrected chi connectivity index (χ0v) is 20.0. The molecule has 5 aliphatic rings. The predicted molar refractivity (Wildman–Crippen MR) is 124 cm³/mol. The van der Waals surface area contributed by atoms with Gasteiger partial charge in [0.25, 0.3) is 0 Å². The van der Waals surface area contributed by atoms with Crippen LogP contribution in [0.3, 0.4) is 0 Å². The number of anilines is 1. The summed E-state index contributed by atoms with van der Waals surface area (Å²) in [7, 11) is 0. The van der Waals surface area contributed by atoms with Crippen LogP contribution in [0.4, 0.5) is 5.82 Å². The van der Waals surface area contributed by atoms with Crippen molar-refractivity contribution in [1.29, 1.82) is 0 Å². The Balaban J connectivity index is 1.28. The summed E-state index contributed by atoms with van der Waals surface area (Å²) >= 11 is 0. The van der Waals surface area contributed by atoms with E-state index in [0.717, 1.165) is 36.9 Å². The smallest absolute Gasteiger partial charge is 0.326 e. The van der Waals surface area contributed by atoms with Gasteiger partial charge < -0.3 is 15.5 Å². The van der Waals surface area contributed by atoms with Crippen molar-refractivity contribution < 1.29 is 23.7 Å². The zero-order valence-electron chi connectivity index (χ0n) is 20.0. The van der Waals surface area contributed by atoms with E-state index in [4.69, 9.17) is 5.73 Å². The van der Waals surface area contributed by atoms with Gasteiger partial charge in [-0.1, -0.05) is 0 Å². The van der Waals surface area contributed by atoms with Gasteiger partial charge >= 0.3 is 11.8 Å². The highest BCUT2D eigenvalue weighted by atomic mass is 16.2. The third-order valence-electron chi connectivity index (χ3n) is 8.47. The van der Waals surface area contributed by atoms with Gasteiger partial charge in [0.15, 0.2) is 0 Å². The number of carbonyl (C=O) groups excluding carboxylic acids is 4. The Morgan fingerprint density at radius 2 is 1.46 bits per heavy atom. The summed E-state index contributed by atoms with van der Waals surface area (Å²) in [5.41, 5.74) is 7.40. The van der Waals surface area contributed by atoms with Crippen molar-refractivity contribution in [2.24, 2.45) is 23.7 Å². The molecule has 4 amide bonds. The van der Waals surface area contributed by atoms with E-state index in [9.17, 15) is 19.2 Å². The molecule has 0 aromatic carbocycles. The van der Waals surface area contributed by atoms with Crippen molar-refractivity contribution >= 4 is 29.4 Å². The molecule has 186 valence electrons. The number of nitrogen functional groups attached to an aromatic ring is 1. The largest absolute Gasteiger partial charge is 0.382 e. The van der Waals surface area contributed by atoms with E-state index in [1.807, 2.05) is 0 Å². The van der Waals surface area contributed by atoms with Crippen molar-refractivity contribution in [3.8, 4) is 0 Å². The van der Waals surface area contributed by atoms with Crippen LogP contribution in [0, 0.1) is 23.7 Å². The highest BCUT2D eigenvalue weighted by Gasteiger charge is 2.56. The second kappa shape index (κ2) is 8.36. The second-order valence-corrected chi connectivity index (χ2v) is 11.3. The number of carbonyl (C=O) groups is 4. The van der Waals surface area contributed by atoms with Gasteiger partial charge in [0.05, 0.1) is 12.2 Å². The Hall–Kier alpha value is -2.88. The van der Waals surface area contributed by atoms with Crippen LogP contribution < -0.4 is 5.73 Å². The van der Waals surface area contributed by atoms with Crippen LogP contribution >= 0.6 is 0 Å². The van der Waals surface area contributed by atoms with Crippen LogP contribution in [-0.4, -0.2) is 80.8 Å². The maximum absolute atomic E-state index is 14.2. The van der Waals surface area contributed by atoms with Crippen LogP contribution in [0.15, 0.2) is 6.07 Å². The molecule has 35 heavy (non-hydrogen) atoms. The Labute approximate surface area is 204 Å². The molecule has 1 aromatic heterocycles. The quantitative estimate of drug-likeness (QED) is 0.463. The minimum atomic E-state index is -0.515. The number of nitrogens with zero attached hydrogens (tertiary/aromatic N) is 5. The Bertz CT molecular complexity index is 1040. The van der Waals surface area contributed by atoms with Gasteiger partial charge in [-0.15, -0.1) is 5.10 Å². The summed E-state index contributed by atoms with van der Waals surface area (Å²) < 4.78 is -0.359. The summed E-state index contributed by atoms with van der Waals surface area (Å²) in [6.07, 6.45) is 5.26. The SMILES string of the molecule is Nc1cc2c(nn1)CC[N+](C(=O)C1CC(=O)N(CC3CC3)C1)(C(=O)C1CC(=O)N(CC3CC3)C1)C2. The molecule has 2 saturated carbocycles. The standard InChI is InChI=1S/C25H33N6O4/c26-21-7-19-14-31(6-5-20(19)27-28-21,24(34)17-8-22(32)29(12-17)10-15-1-2-15)25(35)18-9-23(33)30(13-18)11-16-3-4-16/h7,15-18H,1-6,8-14H2,(H2,26,28)/q+1. The van der Waals surface area contributed by atoms with E-state index < -0.39 is 11.8 Å². The fourth-order valence-electron chi connectivity index (χ4n) is 6.12. The summed E-state index contributed by atoms with van der Waals surface area (Å²) in [6, 6.07) is 1.70. The lowest BCUT2D eigenvalue weighted by atomic mass is 9.94. The first-order chi connectivity index (χ1) is 16.8. The number of aromatic nitrogens is 2. The van der Waals surface area contributed by atoms with Crippen molar-refractivity contribution in [3.05, 3.63) is 17.3 Å². The molecule has 4 fully saturated rings. The number of amides is 4. The number of hydrogen-bond donors (Lipinski definition) is 1. The topological polar surface area (TPSA) is 127 Å². The summed E-state index contributed by atoms with van der Waals surface area (Å²) in [5, 5.41) is 8.13. The van der Waals surface area contributed by atoms with Crippen LogP contribution in [0.25, 0.3) is 0 Å². The van der Waals surface area contributed by atoms with Gasteiger partial charge in [0, 0.05) is 51.0 Å². The molecule has 0 bridgehead atoms. The number of rotatable bonds is 6. The van der Waals surface area contributed by atoms with Gasteiger partial charge in [0.2, 0.25) is 11.8 Å². The van der Waals surface area contributed by atoms with Crippen LogP contribution in [0.1, 0.15) is 49.8 Å². The fourth-order valence-corrected chi connectivity index (χ4v) is 6.12. The van der Waals surface area contributed by atoms with Crippen molar-refractivity contribution in [3.63, 3.8) is 0 Å². The third-order valence-corrected chi connectivity index (χ3v) is 8.47. The first-order valence-electron chi connectivity index (χ1n) is 12.9. The number of imide groups is 1. The number of hydrogen-bond acceptors (Lipinski definition) is 7. The van der Waals surface area contributed by atoms with Gasteiger partial charge in [-0.25, -0.2) is 9.59 Å². The van der Waals surface area contributed by atoms with E-state index in [2.05, 4.69) is 10.2 Å². The summed E-state index contributed by atoms with van der Waals surface area (Å²) in [6.45, 7) is 2.61. The highest BCUT2D eigenvalue weighted by Crippen LogP contribution is 2.37. The summed E-state index contributed by atoms with van der Waals surface area (Å²) in [5.74, 6) is -0.0865. The molecule has 1 aromatic rings. The molecule has 2 atom stereocenters. The molecule has 10 heteroatoms. The number of quaternary nitrogens is 1. The first kappa shape index (κ1) is 22.6. The lowest BCUT2D eigenvalue weighted by Gasteiger charge is -2.39. The molecule has 2 saturated heterocycles. The van der Waals surface area contributed by atoms with E-state index in [1.54, 1.807) is 15.9 Å². The Morgan fingerprint density at radius 1 is 0.914 bits per heavy atom. The average Bonchev–Trinajstić information content (AvgIpc) is 3.76. The van der Waals surface area contributed by atoms with Gasteiger partial charge in [-0.3, -0.25) is 9.59 Å². The van der Waals surface area contributed by atoms with E-state index in [0.29, 0.717) is 44.4 Å².